The maximum absolute atomic E-state index is 3.70. The average molecular weight is 195 g/mol. The molecule has 2 aliphatic carbocycles. The zero-order valence-corrected chi connectivity index (χ0v) is 9.60. The van der Waals surface area contributed by atoms with E-state index in [0.717, 1.165) is 17.9 Å². The largest absolute Gasteiger partial charge is 0.314 e. The van der Waals surface area contributed by atoms with Crippen LogP contribution in [0.1, 0.15) is 58.3 Å². The van der Waals surface area contributed by atoms with Crippen LogP contribution in [0.15, 0.2) is 0 Å². The van der Waals surface area contributed by atoms with Gasteiger partial charge in [-0.05, 0) is 44.1 Å². The highest BCUT2D eigenvalue weighted by molar-refractivity contribution is 4.85. The average Bonchev–Trinajstić information content (AvgIpc) is 2.26. The lowest BCUT2D eigenvalue weighted by atomic mass is 9.69. The molecule has 2 rings (SSSR count). The lowest BCUT2D eigenvalue weighted by Crippen LogP contribution is -2.39. The molecule has 14 heavy (non-hydrogen) atoms. The zero-order valence-electron chi connectivity index (χ0n) is 9.60. The van der Waals surface area contributed by atoms with Crippen LogP contribution in [0.5, 0.6) is 0 Å². The van der Waals surface area contributed by atoms with Crippen molar-refractivity contribution in [3.05, 3.63) is 0 Å². The summed E-state index contributed by atoms with van der Waals surface area (Å²) in [6, 6.07) is 0.856. The number of fused-ring (bicyclic) bond motifs is 1. The molecule has 82 valence electrons. The van der Waals surface area contributed by atoms with Gasteiger partial charge < -0.3 is 5.32 Å². The smallest absolute Gasteiger partial charge is 0.00699 e. The fourth-order valence-electron chi connectivity index (χ4n) is 3.41. The van der Waals surface area contributed by atoms with Gasteiger partial charge in [-0.15, -0.1) is 0 Å². The molecule has 1 nitrogen and oxygen atoms in total. The molecule has 0 bridgehead atoms. The highest BCUT2D eigenvalue weighted by Crippen LogP contribution is 2.40. The molecule has 3 atom stereocenters. The third-order valence-electron chi connectivity index (χ3n) is 4.22. The van der Waals surface area contributed by atoms with Gasteiger partial charge in [0.15, 0.2) is 0 Å². The Hall–Kier alpha value is -0.0400. The molecule has 0 aromatic rings. The van der Waals surface area contributed by atoms with Gasteiger partial charge in [-0.1, -0.05) is 32.6 Å². The van der Waals surface area contributed by atoms with Crippen LogP contribution in [-0.4, -0.2) is 12.6 Å². The minimum atomic E-state index is 0.856. The van der Waals surface area contributed by atoms with Crippen LogP contribution >= 0.6 is 0 Å². The van der Waals surface area contributed by atoms with Crippen molar-refractivity contribution in [2.24, 2.45) is 11.8 Å². The van der Waals surface area contributed by atoms with Crippen molar-refractivity contribution in [1.82, 2.24) is 5.32 Å². The summed E-state index contributed by atoms with van der Waals surface area (Å²) in [5.41, 5.74) is 0. The molecule has 0 aliphatic heterocycles. The van der Waals surface area contributed by atoms with Gasteiger partial charge in [0.25, 0.3) is 0 Å². The number of hydrogen-bond acceptors (Lipinski definition) is 1. The lowest BCUT2D eigenvalue weighted by molar-refractivity contribution is 0.144. The quantitative estimate of drug-likeness (QED) is 0.728. The van der Waals surface area contributed by atoms with Crippen LogP contribution in [0, 0.1) is 11.8 Å². The van der Waals surface area contributed by atoms with Gasteiger partial charge in [-0.2, -0.15) is 0 Å². The van der Waals surface area contributed by atoms with Crippen LogP contribution in [-0.2, 0) is 0 Å². The topological polar surface area (TPSA) is 12.0 Å². The molecule has 1 heteroatoms. The van der Waals surface area contributed by atoms with Gasteiger partial charge in [0.05, 0.1) is 0 Å². The molecule has 0 heterocycles. The highest BCUT2D eigenvalue weighted by Gasteiger charge is 2.31. The predicted molar refractivity (Wildman–Crippen MR) is 61.4 cm³/mol. The van der Waals surface area contributed by atoms with E-state index in [9.17, 15) is 0 Å². The van der Waals surface area contributed by atoms with E-state index >= 15 is 0 Å². The Labute approximate surface area is 88.7 Å². The summed E-state index contributed by atoms with van der Waals surface area (Å²) in [6.45, 7) is 3.49. The Balaban J connectivity index is 1.77. The molecule has 0 aromatic carbocycles. The van der Waals surface area contributed by atoms with Crippen LogP contribution < -0.4 is 5.32 Å². The van der Waals surface area contributed by atoms with Crippen LogP contribution in [0.2, 0.25) is 0 Å². The fraction of sp³-hybridized carbons (Fsp3) is 1.00. The monoisotopic (exact) mass is 195 g/mol. The van der Waals surface area contributed by atoms with E-state index in [4.69, 9.17) is 0 Å². The molecule has 0 aromatic heterocycles. The number of rotatable bonds is 3. The van der Waals surface area contributed by atoms with E-state index in [1.165, 1.54) is 57.9 Å². The Morgan fingerprint density at radius 2 is 1.79 bits per heavy atom. The molecule has 0 saturated heterocycles. The molecular formula is C13H25N. The van der Waals surface area contributed by atoms with Gasteiger partial charge in [0, 0.05) is 6.04 Å². The molecule has 2 aliphatic rings. The lowest BCUT2D eigenvalue weighted by Gasteiger charge is -2.39. The first-order valence-corrected chi connectivity index (χ1v) is 6.63. The SMILES string of the molecule is CCCNC1CCC2CCCCC2C1. The van der Waals surface area contributed by atoms with Crippen molar-refractivity contribution < 1.29 is 0 Å². The van der Waals surface area contributed by atoms with E-state index in [0.29, 0.717) is 0 Å². The summed E-state index contributed by atoms with van der Waals surface area (Å²) in [6.07, 6.45) is 11.8. The Morgan fingerprint density at radius 1 is 1.00 bits per heavy atom. The Morgan fingerprint density at radius 3 is 2.57 bits per heavy atom. The Bertz CT molecular complexity index is 167. The normalized spacial score (nSPS) is 37.9. The summed E-state index contributed by atoms with van der Waals surface area (Å²) >= 11 is 0. The standard InChI is InChI=1S/C13H25N/c1-2-9-14-13-8-7-11-5-3-4-6-12(11)10-13/h11-14H,2-10H2,1H3. The molecule has 1 N–H and O–H groups in total. The minimum Gasteiger partial charge on any atom is -0.314 e. The maximum Gasteiger partial charge on any atom is 0.00699 e. The van der Waals surface area contributed by atoms with E-state index in [1.54, 1.807) is 0 Å². The Kier molecular flexibility index (Phi) is 3.86. The molecule has 2 fully saturated rings. The molecule has 3 unspecified atom stereocenters. The third kappa shape index (κ3) is 2.50. The molecule has 0 spiro atoms. The van der Waals surface area contributed by atoms with E-state index in [1.807, 2.05) is 0 Å². The van der Waals surface area contributed by atoms with E-state index in [2.05, 4.69) is 12.2 Å². The second-order valence-corrected chi connectivity index (χ2v) is 5.27. The molecule has 0 radical (unpaired) electrons. The number of hydrogen-bond donors (Lipinski definition) is 1. The summed E-state index contributed by atoms with van der Waals surface area (Å²) in [4.78, 5) is 0. The maximum atomic E-state index is 3.70. The second kappa shape index (κ2) is 5.16. The fourth-order valence-corrected chi connectivity index (χ4v) is 3.41. The van der Waals surface area contributed by atoms with Crippen molar-refractivity contribution in [2.75, 3.05) is 6.54 Å². The summed E-state index contributed by atoms with van der Waals surface area (Å²) in [5.74, 6) is 2.18. The van der Waals surface area contributed by atoms with Crippen LogP contribution in [0.4, 0.5) is 0 Å². The van der Waals surface area contributed by atoms with Gasteiger partial charge in [0.2, 0.25) is 0 Å². The van der Waals surface area contributed by atoms with Crippen molar-refractivity contribution in [2.45, 2.75) is 64.3 Å². The molecule has 0 amide bonds. The van der Waals surface area contributed by atoms with Crippen molar-refractivity contribution in [3.8, 4) is 0 Å². The second-order valence-electron chi connectivity index (χ2n) is 5.27. The predicted octanol–water partition coefficient (Wildman–Crippen LogP) is 3.34. The van der Waals surface area contributed by atoms with E-state index in [-0.39, 0.29) is 0 Å². The third-order valence-corrected chi connectivity index (χ3v) is 4.22. The number of nitrogens with one attached hydrogen (secondary N) is 1. The van der Waals surface area contributed by atoms with Gasteiger partial charge in [0.1, 0.15) is 0 Å². The first-order valence-electron chi connectivity index (χ1n) is 6.63. The van der Waals surface area contributed by atoms with Crippen molar-refractivity contribution in [1.29, 1.82) is 0 Å². The summed E-state index contributed by atoms with van der Waals surface area (Å²) in [5, 5.41) is 3.70. The summed E-state index contributed by atoms with van der Waals surface area (Å²) in [7, 11) is 0. The molecule has 2 saturated carbocycles. The van der Waals surface area contributed by atoms with Gasteiger partial charge in [-0.3, -0.25) is 0 Å². The van der Waals surface area contributed by atoms with Crippen LogP contribution in [0.25, 0.3) is 0 Å². The first kappa shape index (κ1) is 10.5. The van der Waals surface area contributed by atoms with Crippen LogP contribution in [0.3, 0.4) is 0 Å². The highest BCUT2D eigenvalue weighted by atomic mass is 14.9. The van der Waals surface area contributed by atoms with E-state index < -0.39 is 0 Å². The zero-order chi connectivity index (χ0) is 9.80. The summed E-state index contributed by atoms with van der Waals surface area (Å²) < 4.78 is 0. The van der Waals surface area contributed by atoms with Crippen molar-refractivity contribution >= 4 is 0 Å². The van der Waals surface area contributed by atoms with Gasteiger partial charge in [-0.25, -0.2) is 0 Å². The van der Waals surface area contributed by atoms with Crippen molar-refractivity contribution in [3.63, 3.8) is 0 Å². The first-order chi connectivity index (χ1) is 6.90. The van der Waals surface area contributed by atoms with Gasteiger partial charge >= 0.3 is 0 Å². The molecular weight excluding hydrogens is 170 g/mol. The minimum absolute atomic E-state index is 0.856.